The average Bonchev–Trinajstić information content (AvgIpc) is 2.53. The highest BCUT2D eigenvalue weighted by molar-refractivity contribution is 5.88. The first-order valence-corrected chi connectivity index (χ1v) is 7.97. The van der Waals surface area contributed by atoms with Crippen LogP contribution in [0.4, 0.5) is 4.79 Å². The van der Waals surface area contributed by atoms with Crippen LogP contribution >= 0.6 is 0 Å². The second-order valence-corrected chi connectivity index (χ2v) is 6.66. The molecule has 0 aliphatic carbocycles. The van der Waals surface area contributed by atoms with Crippen molar-refractivity contribution >= 4 is 22.8 Å². The number of ether oxygens (including phenoxy) is 1. The van der Waals surface area contributed by atoms with Gasteiger partial charge in [0.2, 0.25) is 5.91 Å². The Labute approximate surface area is 142 Å². The molecule has 0 bridgehead atoms. The molecule has 0 aromatic heterocycles. The summed E-state index contributed by atoms with van der Waals surface area (Å²) >= 11 is 0. The lowest BCUT2D eigenvalue weighted by molar-refractivity contribution is -0.121. The van der Waals surface area contributed by atoms with Crippen molar-refractivity contribution in [1.82, 2.24) is 10.6 Å². The highest BCUT2D eigenvalue weighted by Crippen LogP contribution is 2.22. The summed E-state index contributed by atoms with van der Waals surface area (Å²) in [6.07, 6.45) is -0.530. The molecule has 0 saturated heterocycles. The first-order chi connectivity index (χ1) is 11.3. The van der Waals surface area contributed by atoms with Crippen molar-refractivity contribution in [3.8, 4) is 0 Å². The zero-order valence-electron chi connectivity index (χ0n) is 14.6. The van der Waals surface area contributed by atoms with Crippen LogP contribution in [0.25, 0.3) is 10.8 Å². The lowest BCUT2D eigenvalue weighted by Gasteiger charge is -2.22. The molecule has 24 heavy (non-hydrogen) atoms. The van der Waals surface area contributed by atoms with E-state index in [4.69, 9.17) is 4.74 Å². The quantitative estimate of drug-likeness (QED) is 0.906. The van der Waals surface area contributed by atoms with Crippen molar-refractivity contribution in [3.05, 3.63) is 48.0 Å². The van der Waals surface area contributed by atoms with Crippen molar-refractivity contribution in [3.63, 3.8) is 0 Å². The number of carbonyl (C=O) groups excluding carboxylic acids is 2. The van der Waals surface area contributed by atoms with Gasteiger partial charge in [0.1, 0.15) is 5.60 Å². The fourth-order valence-corrected chi connectivity index (χ4v) is 2.46. The van der Waals surface area contributed by atoms with Crippen LogP contribution in [0.3, 0.4) is 0 Å². The predicted molar refractivity (Wildman–Crippen MR) is 95.0 cm³/mol. The minimum atomic E-state index is -0.574. The molecule has 128 valence electrons. The van der Waals surface area contributed by atoms with Crippen LogP contribution in [0.2, 0.25) is 0 Å². The standard InChI is InChI=1S/C19H24N2O3/c1-19(2,3)24-18(23)21-12-16(17(22)20-4)15-10-9-13-7-5-6-8-14(13)11-15/h5-11,16H,12H2,1-4H3,(H,20,22)(H,21,23)/t16-/m0/s1. The number of benzene rings is 2. The summed E-state index contributed by atoms with van der Waals surface area (Å²) in [5, 5.41) is 7.50. The minimum Gasteiger partial charge on any atom is -0.444 e. The third kappa shape index (κ3) is 4.72. The van der Waals surface area contributed by atoms with E-state index in [1.54, 1.807) is 27.8 Å². The van der Waals surface area contributed by atoms with Gasteiger partial charge in [0.05, 0.1) is 5.92 Å². The molecule has 0 unspecified atom stereocenters. The molecule has 0 fully saturated rings. The van der Waals surface area contributed by atoms with Crippen molar-refractivity contribution in [2.24, 2.45) is 0 Å². The van der Waals surface area contributed by atoms with Gasteiger partial charge in [-0.2, -0.15) is 0 Å². The SMILES string of the molecule is CNC(=O)[C@@H](CNC(=O)OC(C)(C)C)c1ccc2ccccc2c1. The van der Waals surface area contributed by atoms with Gasteiger partial charge in [-0.3, -0.25) is 4.79 Å². The number of hydrogen-bond donors (Lipinski definition) is 2. The van der Waals surface area contributed by atoms with Crippen LogP contribution in [0, 0.1) is 0 Å². The summed E-state index contributed by atoms with van der Waals surface area (Å²) in [6.45, 7) is 5.57. The molecular formula is C19H24N2O3. The van der Waals surface area contributed by atoms with Gasteiger partial charge in [-0.1, -0.05) is 42.5 Å². The normalized spacial score (nSPS) is 12.5. The number of likely N-dealkylation sites (N-methyl/N-ethyl adjacent to an activating group) is 1. The number of alkyl carbamates (subject to hydrolysis) is 1. The van der Waals surface area contributed by atoms with Crippen molar-refractivity contribution in [2.75, 3.05) is 13.6 Å². The van der Waals surface area contributed by atoms with Crippen molar-refractivity contribution < 1.29 is 14.3 Å². The van der Waals surface area contributed by atoms with E-state index in [1.807, 2.05) is 42.5 Å². The predicted octanol–water partition coefficient (Wildman–Crippen LogP) is 3.19. The van der Waals surface area contributed by atoms with Gasteiger partial charge in [0.25, 0.3) is 0 Å². The molecule has 1 atom stereocenters. The zero-order valence-corrected chi connectivity index (χ0v) is 14.6. The van der Waals surface area contributed by atoms with Gasteiger partial charge in [-0.25, -0.2) is 4.79 Å². The fourth-order valence-electron chi connectivity index (χ4n) is 2.46. The van der Waals surface area contributed by atoms with Gasteiger partial charge in [0, 0.05) is 13.6 Å². The summed E-state index contributed by atoms with van der Waals surface area (Å²) in [4.78, 5) is 24.1. The van der Waals surface area contributed by atoms with Crippen LogP contribution < -0.4 is 10.6 Å². The number of nitrogens with one attached hydrogen (secondary N) is 2. The molecule has 0 aliphatic rings. The monoisotopic (exact) mass is 328 g/mol. The van der Waals surface area contributed by atoms with Gasteiger partial charge in [0.15, 0.2) is 0 Å². The first-order valence-electron chi connectivity index (χ1n) is 7.97. The van der Waals surface area contributed by atoms with Gasteiger partial charge in [-0.15, -0.1) is 0 Å². The summed E-state index contributed by atoms with van der Waals surface area (Å²) in [7, 11) is 1.59. The van der Waals surface area contributed by atoms with Crippen LogP contribution in [-0.4, -0.2) is 31.2 Å². The molecule has 0 spiro atoms. The maximum Gasteiger partial charge on any atom is 0.407 e. The van der Waals surface area contributed by atoms with E-state index in [0.717, 1.165) is 16.3 Å². The molecule has 2 aromatic rings. The van der Waals surface area contributed by atoms with Gasteiger partial charge in [-0.05, 0) is 37.1 Å². The Bertz CT molecular complexity index is 735. The Morgan fingerprint density at radius 3 is 2.38 bits per heavy atom. The summed E-state index contributed by atoms with van der Waals surface area (Å²) < 4.78 is 5.23. The molecule has 0 aliphatic heterocycles. The smallest absolute Gasteiger partial charge is 0.407 e. The molecule has 0 heterocycles. The maximum atomic E-state index is 12.2. The van der Waals surface area contributed by atoms with Crippen molar-refractivity contribution in [1.29, 1.82) is 0 Å². The molecule has 5 nitrogen and oxygen atoms in total. The highest BCUT2D eigenvalue weighted by Gasteiger charge is 2.22. The van der Waals surface area contributed by atoms with E-state index >= 15 is 0 Å². The molecule has 2 aromatic carbocycles. The van der Waals surface area contributed by atoms with E-state index in [1.165, 1.54) is 0 Å². The number of hydrogen-bond acceptors (Lipinski definition) is 3. The van der Waals surface area contributed by atoms with Crippen LogP contribution in [0.1, 0.15) is 32.3 Å². The van der Waals surface area contributed by atoms with Crippen LogP contribution in [-0.2, 0) is 9.53 Å². The largest absolute Gasteiger partial charge is 0.444 e. The fraction of sp³-hybridized carbons (Fsp3) is 0.368. The van der Waals surface area contributed by atoms with E-state index < -0.39 is 17.6 Å². The Kier molecular flexibility index (Phi) is 5.44. The summed E-state index contributed by atoms with van der Waals surface area (Å²) in [5.41, 5.74) is 0.277. The molecular weight excluding hydrogens is 304 g/mol. The van der Waals surface area contributed by atoms with Crippen molar-refractivity contribution in [2.45, 2.75) is 32.3 Å². The number of amides is 2. The van der Waals surface area contributed by atoms with Crippen LogP contribution in [0.5, 0.6) is 0 Å². The molecule has 2 rings (SSSR count). The zero-order chi connectivity index (χ0) is 17.7. The molecule has 2 N–H and O–H groups in total. The molecule has 2 amide bonds. The number of rotatable bonds is 4. The van der Waals surface area contributed by atoms with Gasteiger partial charge < -0.3 is 15.4 Å². The lowest BCUT2D eigenvalue weighted by Crippen LogP contribution is -2.38. The third-order valence-electron chi connectivity index (χ3n) is 3.59. The first kappa shape index (κ1) is 17.8. The Hall–Kier alpha value is -2.56. The third-order valence-corrected chi connectivity index (χ3v) is 3.59. The topological polar surface area (TPSA) is 67.4 Å². The maximum absolute atomic E-state index is 12.2. The highest BCUT2D eigenvalue weighted by atomic mass is 16.6. The minimum absolute atomic E-state index is 0.152. The molecule has 0 radical (unpaired) electrons. The molecule has 5 heteroatoms. The average molecular weight is 328 g/mol. The summed E-state index contributed by atoms with van der Waals surface area (Å²) in [6, 6.07) is 13.8. The second kappa shape index (κ2) is 7.34. The number of fused-ring (bicyclic) bond motifs is 1. The lowest BCUT2D eigenvalue weighted by atomic mass is 9.95. The summed E-state index contributed by atoms with van der Waals surface area (Å²) in [5.74, 6) is -0.631. The van der Waals surface area contributed by atoms with E-state index in [-0.39, 0.29) is 12.5 Å². The Balaban J connectivity index is 2.18. The Morgan fingerprint density at radius 2 is 1.75 bits per heavy atom. The number of carbonyl (C=O) groups is 2. The van der Waals surface area contributed by atoms with Crippen LogP contribution in [0.15, 0.2) is 42.5 Å². The Morgan fingerprint density at radius 1 is 1.08 bits per heavy atom. The second-order valence-electron chi connectivity index (χ2n) is 6.66. The van der Waals surface area contributed by atoms with Gasteiger partial charge >= 0.3 is 6.09 Å². The van der Waals surface area contributed by atoms with E-state index in [2.05, 4.69) is 10.6 Å². The molecule has 0 saturated carbocycles. The van der Waals surface area contributed by atoms with E-state index in [0.29, 0.717) is 0 Å². The van der Waals surface area contributed by atoms with E-state index in [9.17, 15) is 9.59 Å².